The van der Waals surface area contributed by atoms with E-state index in [0.29, 0.717) is 31.4 Å². The van der Waals surface area contributed by atoms with Crippen molar-refractivity contribution in [2.75, 3.05) is 13.2 Å². The molecule has 4 atom stereocenters. The lowest BCUT2D eigenvalue weighted by Crippen LogP contribution is -2.58. The number of fused-ring (bicyclic) bond motifs is 1. The second-order valence-electron chi connectivity index (χ2n) is 9.09. The molecule has 14 heteroatoms. The maximum atomic E-state index is 13.2. The first-order valence-electron chi connectivity index (χ1n) is 12.5. The molecule has 0 saturated carbocycles. The summed E-state index contributed by atoms with van der Waals surface area (Å²) in [4.78, 5) is 64.5. The van der Waals surface area contributed by atoms with E-state index in [1.54, 1.807) is 18.3 Å². The summed E-state index contributed by atoms with van der Waals surface area (Å²) in [5.41, 5.74) is 12.8. The van der Waals surface area contributed by atoms with Gasteiger partial charge in [0.05, 0.1) is 12.6 Å². The zero-order chi connectivity index (χ0) is 28.9. The average Bonchev–Trinajstić information content (AvgIpc) is 3.31. The van der Waals surface area contributed by atoms with Gasteiger partial charge in [-0.3, -0.25) is 19.2 Å². The highest BCUT2D eigenvalue weighted by Gasteiger charge is 2.31. The standard InChI is InChI=1S/C25H36N6O8/c26-10-4-3-6-16(27)22(35)29-18(8-9-21(33)34)23(36)30-19(24(37)31-20(13-32)25(38)39)11-14-12-28-17-7-2-1-5-15(14)17/h1-2,5,7,12,16,18-20,28,32H,3-4,6,8-11,13,26-27H2,(H,29,35)(H,30,36)(H,31,37)(H,33,34)(H,38,39). The molecule has 1 aromatic carbocycles. The Balaban J connectivity index is 2.27. The van der Waals surface area contributed by atoms with E-state index in [0.717, 1.165) is 10.9 Å². The third-order valence-electron chi connectivity index (χ3n) is 6.11. The third kappa shape index (κ3) is 9.67. The molecule has 0 spiro atoms. The summed E-state index contributed by atoms with van der Waals surface area (Å²) in [6.45, 7) is -0.453. The molecule has 3 amide bonds. The Bertz CT molecular complexity index is 1150. The molecule has 0 aliphatic heterocycles. The van der Waals surface area contributed by atoms with Gasteiger partial charge >= 0.3 is 11.9 Å². The molecule has 1 aromatic heterocycles. The predicted octanol–water partition coefficient (Wildman–Crippen LogP) is -1.44. The van der Waals surface area contributed by atoms with Gasteiger partial charge in [0.25, 0.3) is 0 Å². The highest BCUT2D eigenvalue weighted by atomic mass is 16.4. The molecule has 1 heterocycles. The van der Waals surface area contributed by atoms with Crippen molar-refractivity contribution in [1.82, 2.24) is 20.9 Å². The summed E-state index contributed by atoms with van der Waals surface area (Å²) in [5, 5.41) is 35.6. The fraction of sp³-hybridized carbons (Fsp3) is 0.480. The lowest BCUT2D eigenvalue weighted by Gasteiger charge is -2.25. The number of aliphatic hydroxyl groups is 1. The van der Waals surface area contributed by atoms with Crippen LogP contribution in [0.5, 0.6) is 0 Å². The average molecular weight is 549 g/mol. The second-order valence-corrected chi connectivity index (χ2v) is 9.09. The number of para-hydroxylation sites is 1. The molecule has 4 unspecified atom stereocenters. The van der Waals surface area contributed by atoms with Gasteiger partial charge in [0, 0.05) is 29.9 Å². The van der Waals surface area contributed by atoms with Gasteiger partial charge in [-0.25, -0.2) is 4.79 Å². The van der Waals surface area contributed by atoms with E-state index in [1.807, 2.05) is 12.1 Å². The number of amides is 3. The number of hydrogen-bond donors (Lipinski definition) is 9. The molecule has 0 aliphatic carbocycles. The highest BCUT2D eigenvalue weighted by molar-refractivity contribution is 5.95. The van der Waals surface area contributed by atoms with Crippen molar-refractivity contribution in [1.29, 1.82) is 0 Å². The Morgan fingerprint density at radius 3 is 2.15 bits per heavy atom. The molecule has 2 aromatic rings. The van der Waals surface area contributed by atoms with Crippen molar-refractivity contribution in [2.24, 2.45) is 11.5 Å². The number of carbonyl (C=O) groups excluding carboxylic acids is 3. The number of carboxylic acids is 2. The number of nitrogens with two attached hydrogens (primary N) is 2. The van der Waals surface area contributed by atoms with Crippen molar-refractivity contribution in [3.8, 4) is 0 Å². The molecule has 0 saturated heterocycles. The van der Waals surface area contributed by atoms with Crippen LogP contribution in [0.15, 0.2) is 30.5 Å². The minimum atomic E-state index is -1.62. The van der Waals surface area contributed by atoms with E-state index in [1.165, 1.54) is 0 Å². The number of nitrogens with one attached hydrogen (secondary N) is 4. The zero-order valence-corrected chi connectivity index (χ0v) is 21.4. The highest BCUT2D eigenvalue weighted by Crippen LogP contribution is 2.19. The molecule has 214 valence electrons. The summed E-state index contributed by atoms with van der Waals surface area (Å²) in [6.07, 6.45) is 2.38. The Morgan fingerprint density at radius 1 is 0.872 bits per heavy atom. The predicted molar refractivity (Wildman–Crippen MR) is 140 cm³/mol. The maximum absolute atomic E-state index is 13.2. The van der Waals surface area contributed by atoms with Crippen LogP contribution in [0.1, 0.15) is 37.7 Å². The van der Waals surface area contributed by atoms with Crippen LogP contribution >= 0.6 is 0 Å². The molecule has 39 heavy (non-hydrogen) atoms. The smallest absolute Gasteiger partial charge is 0.328 e. The Labute approximate surface area is 224 Å². The zero-order valence-electron chi connectivity index (χ0n) is 21.4. The van der Waals surface area contributed by atoms with Gasteiger partial charge < -0.3 is 47.7 Å². The Kier molecular flexibility index (Phi) is 12.3. The summed E-state index contributed by atoms with van der Waals surface area (Å²) in [7, 11) is 0. The molecule has 0 bridgehead atoms. The molecule has 14 nitrogen and oxygen atoms in total. The van der Waals surface area contributed by atoms with Crippen molar-refractivity contribution in [3.63, 3.8) is 0 Å². The number of carboxylic acid groups (broad SMARTS) is 2. The minimum absolute atomic E-state index is 0.0719. The minimum Gasteiger partial charge on any atom is -0.481 e. The van der Waals surface area contributed by atoms with Crippen LogP contribution in [0.3, 0.4) is 0 Å². The van der Waals surface area contributed by atoms with E-state index >= 15 is 0 Å². The summed E-state index contributed by atoms with van der Waals surface area (Å²) in [6, 6.07) is 1.97. The van der Waals surface area contributed by atoms with E-state index < -0.39 is 66.9 Å². The van der Waals surface area contributed by atoms with Crippen LogP contribution in [0.25, 0.3) is 10.9 Å². The van der Waals surface area contributed by atoms with Crippen LogP contribution in [0.2, 0.25) is 0 Å². The number of carbonyl (C=O) groups is 5. The molecular formula is C25H36N6O8. The van der Waals surface area contributed by atoms with Crippen LogP contribution in [-0.4, -0.2) is 87.3 Å². The first-order chi connectivity index (χ1) is 18.6. The SMILES string of the molecule is NCCCCC(N)C(=O)NC(CCC(=O)O)C(=O)NC(Cc1c[nH]c2ccccc12)C(=O)NC(CO)C(=O)O. The van der Waals surface area contributed by atoms with Crippen LogP contribution in [0, 0.1) is 0 Å². The van der Waals surface area contributed by atoms with Gasteiger partial charge in [-0.2, -0.15) is 0 Å². The van der Waals surface area contributed by atoms with Gasteiger partial charge in [0.2, 0.25) is 17.7 Å². The fourth-order valence-electron chi connectivity index (χ4n) is 3.91. The molecule has 0 fully saturated rings. The quantitative estimate of drug-likeness (QED) is 0.104. The Morgan fingerprint density at radius 2 is 1.51 bits per heavy atom. The van der Waals surface area contributed by atoms with E-state index in [9.17, 15) is 34.2 Å². The summed E-state index contributed by atoms with van der Waals surface area (Å²) < 4.78 is 0. The lowest BCUT2D eigenvalue weighted by molar-refractivity contribution is -0.143. The van der Waals surface area contributed by atoms with Crippen LogP contribution in [0.4, 0.5) is 0 Å². The van der Waals surface area contributed by atoms with Crippen molar-refractivity contribution >= 4 is 40.6 Å². The molecule has 2 rings (SSSR count). The van der Waals surface area contributed by atoms with Gasteiger partial charge in [-0.1, -0.05) is 24.6 Å². The number of unbranched alkanes of at least 4 members (excludes halogenated alkanes) is 1. The van der Waals surface area contributed by atoms with Crippen molar-refractivity contribution in [3.05, 3.63) is 36.0 Å². The van der Waals surface area contributed by atoms with E-state index in [4.69, 9.17) is 16.6 Å². The monoisotopic (exact) mass is 548 g/mol. The molecule has 11 N–H and O–H groups in total. The van der Waals surface area contributed by atoms with E-state index in [2.05, 4.69) is 20.9 Å². The number of H-pyrrole nitrogens is 1. The first kappa shape index (κ1) is 31.2. The second kappa shape index (κ2) is 15.4. The number of aliphatic hydroxyl groups excluding tert-OH is 1. The van der Waals surface area contributed by atoms with Gasteiger partial charge in [-0.05, 0) is 37.4 Å². The lowest BCUT2D eigenvalue weighted by atomic mass is 10.0. The largest absolute Gasteiger partial charge is 0.481 e. The van der Waals surface area contributed by atoms with Crippen molar-refractivity contribution in [2.45, 2.75) is 62.7 Å². The topological polar surface area (TPSA) is 250 Å². The van der Waals surface area contributed by atoms with Gasteiger partial charge in [0.1, 0.15) is 18.1 Å². The molecular weight excluding hydrogens is 512 g/mol. The van der Waals surface area contributed by atoms with Crippen LogP contribution in [-0.2, 0) is 30.4 Å². The number of aromatic nitrogens is 1. The molecule has 0 radical (unpaired) electrons. The number of benzene rings is 1. The summed E-state index contributed by atoms with van der Waals surface area (Å²) in [5.74, 6) is -5.08. The number of aromatic amines is 1. The number of hydrogen-bond acceptors (Lipinski definition) is 8. The van der Waals surface area contributed by atoms with Gasteiger partial charge in [0.15, 0.2) is 0 Å². The molecule has 0 aliphatic rings. The third-order valence-corrected chi connectivity index (χ3v) is 6.11. The van der Waals surface area contributed by atoms with E-state index in [-0.39, 0.29) is 12.8 Å². The first-order valence-corrected chi connectivity index (χ1v) is 12.5. The maximum Gasteiger partial charge on any atom is 0.328 e. The van der Waals surface area contributed by atoms with Crippen LogP contribution < -0.4 is 27.4 Å². The normalized spacial score (nSPS) is 14.1. The Hall–Kier alpha value is -4.01. The summed E-state index contributed by atoms with van der Waals surface area (Å²) >= 11 is 0. The van der Waals surface area contributed by atoms with Gasteiger partial charge in [-0.15, -0.1) is 0 Å². The van der Waals surface area contributed by atoms with Crippen molar-refractivity contribution < 1.29 is 39.3 Å². The number of rotatable bonds is 17. The number of aliphatic carboxylic acids is 2. The fourth-order valence-corrected chi connectivity index (χ4v) is 3.91.